The molecular formula is C8H14N4O2. The van der Waals surface area contributed by atoms with Gasteiger partial charge in [0.1, 0.15) is 0 Å². The molecule has 0 amide bonds. The number of hydrogen-bond donors (Lipinski definition) is 2. The fourth-order valence-electron chi connectivity index (χ4n) is 1.19. The summed E-state index contributed by atoms with van der Waals surface area (Å²) >= 11 is 0. The molecule has 0 aliphatic heterocycles. The van der Waals surface area contributed by atoms with Crippen molar-refractivity contribution in [1.29, 1.82) is 0 Å². The van der Waals surface area contributed by atoms with Gasteiger partial charge in [0.25, 0.3) is 0 Å². The summed E-state index contributed by atoms with van der Waals surface area (Å²) in [5, 5.41) is 16.1. The van der Waals surface area contributed by atoms with E-state index in [0.29, 0.717) is 12.2 Å². The summed E-state index contributed by atoms with van der Waals surface area (Å²) < 4.78 is 1.56. The van der Waals surface area contributed by atoms with Crippen molar-refractivity contribution in [2.45, 2.75) is 32.9 Å². The van der Waals surface area contributed by atoms with Gasteiger partial charge in [0.15, 0.2) is 5.69 Å². The third-order valence-corrected chi connectivity index (χ3v) is 1.96. The summed E-state index contributed by atoms with van der Waals surface area (Å²) in [4.78, 5) is 10.7. The Morgan fingerprint density at radius 3 is 2.86 bits per heavy atom. The topological polar surface area (TPSA) is 94.0 Å². The van der Waals surface area contributed by atoms with Crippen molar-refractivity contribution in [3.63, 3.8) is 0 Å². The van der Waals surface area contributed by atoms with E-state index in [1.54, 1.807) is 4.68 Å². The van der Waals surface area contributed by atoms with Gasteiger partial charge in [0.2, 0.25) is 0 Å². The first kappa shape index (κ1) is 10.6. The zero-order valence-corrected chi connectivity index (χ0v) is 8.10. The molecule has 6 heteroatoms. The van der Waals surface area contributed by atoms with E-state index in [4.69, 9.17) is 10.8 Å². The Bertz CT molecular complexity index is 321. The van der Waals surface area contributed by atoms with Gasteiger partial charge in [-0.2, -0.15) is 0 Å². The third kappa shape index (κ3) is 2.08. The molecule has 1 rings (SSSR count). The molecule has 0 aliphatic carbocycles. The van der Waals surface area contributed by atoms with E-state index in [0.717, 1.165) is 12.8 Å². The monoisotopic (exact) mass is 198 g/mol. The molecule has 0 fully saturated rings. The van der Waals surface area contributed by atoms with Crippen LogP contribution in [0.3, 0.4) is 0 Å². The number of nitrogens with zero attached hydrogens (tertiary/aromatic N) is 3. The molecule has 0 spiro atoms. The van der Waals surface area contributed by atoms with E-state index >= 15 is 0 Å². The molecule has 1 heterocycles. The maximum absolute atomic E-state index is 10.7. The van der Waals surface area contributed by atoms with E-state index < -0.39 is 5.97 Å². The van der Waals surface area contributed by atoms with Crippen molar-refractivity contribution in [3.8, 4) is 0 Å². The maximum Gasteiger partial charge on any atom is 0.358 e. The number of rotatable bonds is 5. The SMILES string of the molecule is CCCCn1nnc(C(=O)O)c1CN. The number of carboxylic acid groups (broad SMARTS) is 1. The van der Waals surface area contributed by atoms with Gasteiger partial charge in [-0.05, 0) is 6.42 Å². The number of nitrogens with two attached hydrogens (primary N) is 1. The quantitative estimate of drug-likeness (QED) is 0.706. The summed E-state index contributed by atoms with van der Waals surface area (Å²) in [7, 11) is 0. The predicted molar refractivity (Wildman–Crippen MR) is 49.8 cm³/mol. The molecule has 14 heavy (non-hydrogen) atoms. The molecule has 1 aromatic heterocycles. The molecular weight excluding hydrogens is 184 g/mol. The Balaban J connectivity index is 2.89. The highest BCUT2D eigenvalue weighted by atomic mass is 16.4. The number of carboxylic acids is 1. The van der Waals surface area contributed by atoms with Crippen molar-refractivity contribution in [2.24, 2.45) is 5.73 Å². The normalized spacial score (nSPS) is 10.4. The van der Waals surface area contributed by atoms with E-state index in [2.05, 4.69) is 17.2 Å². The molecule has 0 radical (unpaired) electrons. The first-order chi connectivity index (χ1) is 6.70. The van der Waals surface area contributed by atoms with Crippen LogP contribution in [0.5, 0.6) is 0 Å². The summed E-state index contributed by atoms with van der Waals surface area (Å²) in [5.41, 5.74) is 5.89. The van der Waals surface area contributed by atoms with Crippen molar-refractivity contribution < 1.29 is 9.90 Å². The number of aromatic carboxylic acids is 1. The van der Waals surface area contributed by atoms with Crippen LogP contribution in [0.25, 0.3) is 0 Å². The molecule has 78 valence electrons. The summed E-state index contributed by atoms with van der Waals surface area (Å²) in [6, 6.07) is 0. The smallest absolute Gasteiger partial charge is 0.358 e. The fraction of sp³-hybridized carbons (Fsp3) is 0.625. The van der Waals surface area contributed by atoms with Gasteiger partial charge in [-0.3, -0.25) is 0 Å². The van der Waals surface area contributed by atoms with Gasteiger partial charge in [0, 0.05) is 13.1 Å². The van der Waals surface area contributed by atoms with Gasteiger partial charge < -0.3 is 10.8 Å². The average molecular weight is 198 g/mol. The molecule has 0 unspecified atom stereocenters. The third-order valence-electron chi connectivity index (χ3n) is 1.96. The van der Waals surface area contributed by atoms with Crippen LogP contribution in [-0.2, 0) is 13.1 Å². The molecule has 3 N–H and O–H groups in total. The van der Waals surface area contributed by atoms with Crippen LogP contribution in [0.2, 0.25) is 0 Å². The summed E-state index contributed by atoms with van der Waals surface area (Å²) in [6.45, 7) is 2.87. The Kier molecular flexibility index (Phi) is 3.58. The highest BCUT2D eigenvalue weighted by Gasteiger charge is 2.16. The molecule has 1 aromatic rings. The molecule has 0 bridgehead atoms. The summed E-state index contributed by atoms with van der Waals surface area (Å²) in [6.07, 6.45) is 1.96. The molecule has 0 saturated heterocycles. The minimum atomic E-state index is -1.08. The predicted octanol–water partition coefficient (Wildman–Crippen LogP) is 0.235. The van der Waals surface area contributed by atoms with Crippen LogP contribution >= 0.6 is 0 Å². The highest BCUT2D eigenvalue weighted by molar-refractivity contribution is 5.86. The highest BCUT2D eigenvalue weighted by Crippen LogP contribution is 2.05. The maximum atomic E-state index is 10.7. The molecule has 6 nitrogen and oxygen atoms in total. The second kappa shape index (κ2) is 4.71. The van der Waals surface area contributed by atoms with E-state index in [-0.39, 0.29) is 12.2 Å². The lowest BCUT2D eigenvalue weighted by atomic mass is 10.3. The lowest BCUT2D eigenvalue weighted by Crippen LogP contribution is -2.12. The zero-order valence-electron chi connectivity index (χ0n) is 8.10. The fourth-order valence-corrected chi connectivity index (χ4v) is 1.19. The number of aromatic nitrogens is 3. The van der Waals surface area contributed by atoms with E-state index in [1.165, 1.54) is 0 Å². The van der Waals surface area contributed by atoms with Crippen LogP contribution in [0, 0.1) is 0 Å². The standard InChI is InChI=1S/C8H14N4O2/c1-2-3-4-12-6(5-9)7(8(13)14)10-11-12/h2-5,9H2,1H3,(H,13,14). The number of carbonyl (C=O) groups is 1. The first-order valence-corrected chi connectivity index (χ1v) is 4.56. The minimum absolute atomic E-state index is 0.0383. The zero-order chi connectivity index (χ0) is 10.6. The van der Waals surface area contributed by atoms with Gasteiger partial charge in [-0.1, -0.05) is 18.6 Å². The van der Waals surface area contributed by atoms with E-state index in [9.17, 15) is 4.79 Å². The largest absolute Gasteiger partial charge is 0.476 e. The second-order valence-corrected chi connectivity index (χ2v) is 2.97. The molecule has 0 aliphatic rings. The van der Waals surface area contributed by atoms with Crippen molar-refractivity contribution in [2.75, 3.05) is 0 Å². The van der Waals surface area contributed by atoms with Crippen LogP contribution in [0.1, 0.15) is 35.9 Å². The van der Waals surface area contributed by atoms with Crippen LogP contribution < -0.4 is 5.73 Å². The van der Waals surface area contributed by atoms with E-state index in [1.807, 2.05) is 0 Å². The lowest BCUT2D eigenvalue weighted by molar-refractivity contribution is 0.0689. The Labute approximate surface area is 81.7 Å². The Morgan fingerprint density at radius 2 is 2.36 bits per heavy atom. The van der Waals surface area contributed by atoms with Gasteiger partial charge >= 0.3 is 5.97 Å². The van der Waals surface area contributed by atoms with Crippen LogP contribution in [0.15, 0.2) is 0 Å². The molecule has 0 saturated carbocycles. The Morgan fingerprint density at radius 1 is 1.64 bits per heavy atom. The summed E-state index contributed by atoms with van der Waals surface area (Å²) in [5.74, 6) is -1.08. The Hall–Kier alpha value is -1.43. The van der Waals surface area contributed by atoms with Crippen molar-refractivity contribution in [3.05, 3.63) is 11.4 Å². The molecule has 0 aromatic carbocycles. The number of unbranched alkanes of at least 4 members (excludes halogenated alkanes) is 1. The van der Waals surface area contributed by atoms with Crippen LogP contribution in [-0.4, -0.2) is 26.1 Å². The number of hydrogen-bond acceptors (Lipinski definition) is 4. The molecule has 0 atom stereocenters. The lowest BCUT2D eigenvalue weighted by Gasteiger charge is -2.02. The van der Waals surface area contributed by atoms with Crippen LogP contribution in [0.4, 0.5) is 0 Å². The van der Waals surface area contributed by atoms with Gasteiger partial charge in [-0.15, -0.1) is 5.10 Å². The average Bonchev–Trinajstić information content (AvgIpc) is 2.57. The van der Waals surface area contributed by atoms with Crippen molar-refractivity contribution >= 4 is 5.97 Å². The first-order valence-electron chi connectivity index (χ1n) is 4.56. The van der Waals surface area contributed by atoms with Crippen molar-refractivity contribution in [1.82, 2.24) is 15.0 Å². The second-order valence-electron chi connectivity index (χ2n) is 2.97. The number of aryl methyl sites for hydroxylation is 1. The minimum Gasteiger partial charge on any atom is -0.476 e. The van der Waals surface area contributed by atoms with Gasteiger partial charge in [0.05, 0.1) is 5.69 Å². The van der Waals surface area contributed by atoms with Gasteiger partial charge in [-0.25, -0.2) is 9.48 Å².